The van der Waals surface area contributed by atoms with E-state index in [1.807, 2.05) is 4.57 Å². The highest BCUT2D eigenvalue weighted by Gasteiger charge is 2.25. The van der Waals surface area contributed by atoms with Crippen molar-refractivity contribution in [3.63, 3.8) is 0 Å². The van der Waals surface area contributed by atoms with Gasteiger partial charge in [0, 0.05) is 45.0 Å². The van der Waals surface area contributed by atoms with Gasteiger partial charge < -0.3 is 18.4 Å². The molecule has 0 fully saturated rings. The van der Waals surface area contributed by atoms with Gasteiger partial charge in [-0.2, -0.15) is 0 Å². The quantitative estimate of drug-likeness (QED) is 0.132. The Kier molecular flexibility index (Phi) is 8.56. The minimum Gasteiger partial charge on any atom is -0.480 e. The van der Waals surface area contributed by atoms with Crippen LogP contribution in [0.4, 0.5) is 14.5 Å². The van der Waals surface area contributed by atoms with Crippen molar-refractivity contribution >= 4 is 40.9 Å². The van der Waals surface area contributed by atoms with E-state index in [2.05, 4.69) is 39.3 Å². The van der Waals surface area contributed by atoms with Gasteiger partial charge in [0.15, 0.2) is 16.5 Å². The van der Waals surface area contributed by atoms with Gasteiger partial charge in [-0.25, -0.2) is 32.2 Å². The van der Waals surface area contributed by atoms with Crippen molar-refractivity contribution in [3.8, 4) is 28.5 Å². The number of sulfonamides is 1. The third-order valence-corrected chi connectivity index (χ3v) is 9.85. The number of anilines is 1. The van der Waals surface area contributed by atoms with Crippen LogP contribution in [0.2, 0.25) is 30.7 Å². The van der Waals surface area contributed by atoms with Crippen LogP contribution in [0.15, 0.2) is 66.3 Å². The Morgan fingerprint density at radius 2 is 1.88 bits per heavy atom. The molecule has 10 nitrogen and oxygen atoms in total. The van der Waals surface area contributed by atoms with Crippen molar-refractivity contribution in [2.75, 3.05) is 18.4 Å². The molecule has 0 aliphatic rings. The van der Waals surface area contributed by atoms with Crippen molar-refractivity contribution in [2.45, 2.75) is 37.3 Å². The lowest BCUT2D eigenvalue weighted by Crippen LogP contribution is -2.22. The van der Waals surface area contributed by atoms with Gasteiger partial charge in [-0.1, -0.05) is 37.3 Å². The summed E-state index contributed by atoms with van der Waals surface area (Å²) in [5, 5.41) is 0.0338. The maximum Gasteiger partial charge on any atom is 0.267 e. The summed E-state index contributed by atoms with van der Waals surface area (Å²) in [6.45, 7) is 7.82. The lowest BCUT2D eigenvalue weighted by atomic mass is 10.0. The number of halogens is 3. The van der Waals surface area contributed by atoms with Crippen molar-refractivity contribution in [1.82, 2.24) is 23.9 Å². The zero-order chi connectivity index (χ0) is 30.9. The van der Waals surface area contributed by atoms with Gasteiger partial charge in [-0.15, -0.1) is 0 Å². The van der Waals surface area contributed by atoms with Crippen molar-refractivity contribution < 1.29 is 26.7 Å². The number of nitrogens with one attached hydrogen (secondary N) is 1. The minimum absolute atomic E-state index is 0.0338. The number of ether oxygens (including phenoxy) is 2. The summed E-state index contributed by atoms with van der Waals surface area (Å²) in [5.41, 5.74) is 0.479. The molecule has 0 aliphatic carbocycles. The highest BCUT2D eigenvalue weighted by molar-refractivity contribution is 7.92. The third-order valence-electron chi connectivity index (χ3n) is 6.58. The highest BCUT2D eigenvalue weighted by Crippen LogP contribution is 2.34. The van der Waals surface area contributed by atoms with Crippen LogP contribution in [-0.4, -0.2) is 54.1 Å². The zero-order valence-electron chi connectivity index (χ0n) is 23.8. The second-order valence-corrected chi connectivity index (χ2v) is 18.6. The van der Waals surface area contributed by atoms with E-state index in [1.165, 1.54) is 31.9 Å². The average molecular weight is 647 g/mol. The van der Waals surface area contributed by atoms with E-state index in [0.29, 0.717) is 30.4 Å². The molecule has 5 rings (SSSR count). The van der Waals surface area contributed by atoms with E-state index in [-0.39, 0.29) is 16.5 Å². The first kappa shape index (κ1) is 30.6. The number of methoxy groups -OCH3 is 1. The molecule has 0 saturated carbocycles. The second kappa shape index (κ2) is 12.0. The van der Waals surface area contributed by atoms with Gasteiger partial charge in [-0.05, 0) is 30.3 Å². The summed E-state index contributed by atoms with van der Waals surface area (Å²) < 4.78 is 73.5. The van der Waals surface area contributed by atoms with E-state index in [0.717, 1.165) is 24.2 Å². The lowest BCUT2D eigenvalue weighted by molar-refractivity contribution is 0.0882. The molecule has 5 aromatic rings. The number of rotatable bonds is 11. The summed E-state index contributed by atoms with van der Waals surface area (Å²) >= 11 is 5.92. The standard InChI is InChI=1S/C28H29ClF2N6O4SSi/c1-40-28-23(13-19(29)14-33-28)42(38,39)35-21-7-6-20(30)24(25(21)31)18-5-8-22-26(34-16-37(22)15-18)27-32-9-10-36(27)17-41-11-12-43(2,3)4/h5-10,13-16,35H,11-12,17H2,1-4H3. The fourth-order valence-electron chi connectivity index (χ4n) is 4.34. The average Bonchev–Trinajstić information content (AvgIpc) is 3.58. The van der Waals surface area contributed by atoms with E-state index >= 15 is 8.78 Å². The van der Waals surface area contributed by atoms with Crippen LogP contribution >= 0.6 is 11.6 Å². The first-order valence-electron chi connectivity index (χ1n) is 13.1. The van der Waals surface area contributed by atoms with Crippen LogP contribution in [-0.2, 0) is 21.5 Å². The number of hydrogen-bond acceptors (Lipinski definition) is 7. The van der Waals surface area contributed by atoms with Crippen LogP contribution < -0.4 is 9.46 Å². The number of imidazole rings is 2. The van der Waals surface area contributed by atoms with Crippen LogP contribution in [0.25, 0.3) is 28.2 Å². The van der Waals surface area contributed by atoms with Gasteiger partial charge in [0.25, 0.3) is 10.0 Å². The molecule has 0 amide bonds. The van der Waals surface area contributed by atoms with Crippen molar-refractivity contribution in [1.29, 1.82) is 0 Å². The van der Waals surface area contributed by atoms with Gasteiger partial charge >= 0.3 is 0 Å². The second-order valence-electron chi connectivity index (χ2n) is 10.9. The van der Waals surface area contributed by atoms with Crippen LogP contribution in [0.5, 0.6) is 5.88 Å². The Hall–Kier alpha value is -3.85. The molecular formula is C28H29ClF2N6O4SSi. The maximum absolute atomic E-state index is 15.7. The molecule has 4 heterocycles. The van der Waals surface area contributed by atoms with E-state index < -0.39 is 45.9 Å². The van der Waals surface area contributed by atoms with Crippen LogP contribution in [0.1, 0.15) is 0 Å². The van der Waals surface area contributed by atoms with Gasteiger partial charge in [0.2, 0.25) is 5.88 Å². The summed E-state index contributed by atoms with van der Waals surface area (Å²) in [5.74, 6) is -1.64. The van der Waals surface area contributed by atoms with Crippen molar-refractivity contribution in [3.05, 3.63) is 78.1 Å². The summed E-state index contributed by atoms with van der Waals surface area (Å²) in [6, 6.07) is 7.33. The number of nitrogens with zero attached hydrogens (tertiary/aromatic N) is 5. The van der Waals surface area contributed by atoms with Gasteiger partial charge in [0.05, 0.1) is 28.9 Å². The Morgan fingerprint density at radius 1 is 1.09 bits per heavy atom. The maximum atomic E-state index is 15.7. The molecule has 0 bridgehead atoms. The minimum atomic E-state index is -4.41. The molecule has 4 aromatic heterocycles. The summed E-state index contributed by atoms with van der Waals surface area (Å²) in [4.78, 5) is 12.4. The molecule has 0 saturated heterocycles. The predicted molar refractivity (Wildman–Crippen MR) is 162 cm³/mol. The Balaban J connectivity index is 1.44. The highest BCUT2D eigenvalue weighted by atomic mass is 35.5. The Bertz CT molecular complexity index is 1910. The van der Waals surface area contributed by atoms with Crippen LogP contribution in [0.3, 0.4) is 0 Å². The van der Waals surface area contributed by atoms with Crippen molar-refractivity contribution in [2.24, 2.45) is 0 Å². The molecule has 0 radical (unpaired) electrons. The predicted octanol–water partition coefficient (Wildman–Crippen LogP) is 6.31. The fraction of sp³-hybridized carbons (Fsp3) is 0.250. The van der Waals surface area contributed by atoms with Crippen LogP contribution in [0, 0.1) is 11.6 Å². The number of pyridine rings is 2. The fourth-order valence-corrected chi connectivity index (χ4v) is 6.53. The number of fused-ring (bicyclic) bond motifs is 1. The molecule has 15 heteroatoms. The Morgan fingerprint density at radius 3 is 2.63 bits per heavy atom. The van der Waals surface area contributed by atoms with E-state index in [1.54, 1.807) is 22.9 Å². The molecule has 0 atom stereocenters. The molecule has 1 N–H and O–H groups in total. The molecule has 43 heavy (non-hydrogen) atoms. The smallest absolute Gasteiger partial charge is 0.267 e. The number of aromatic nitrogens is 5. The van der Waals surface area contributed by atoms with Gasteiger partial charge in [-0.3, -0.25) is 4.72 Å². The molecule has 0 unspecified atom stereocenters. The molecule has 0 aliphatic heterocycles. The first-order chi connectivity index (χ1) is 20.4. The topological polar surface area (TPSA) is 113 Å². The van der Waals surface area contributed by atoms with E-state index in [9.17, 15) is 8.42 Å². The summed E-state index contributed by atoms with van der Waals surface area (Å²) in [7, 11) is -4.40. The number of benzene rings is 1. The number of hydrogen-bond donors (Lipinski definition) is 1. The van der Waals surface area contributed by atoms with E-state index in [4.69, 9.17) is 21.1 Å². The molecule has 226 valence electrons. The zero-order valence-corrected chi connectivity index (χ0v) is 26.4. The first-order valence-corrected chi connectivity index (χ1v) is 18.7. The SMILES string of the molecule is COc1ncc(Cl)cc1S(=O)(=O)Nc1ccc(F)c(-c2ccc3c(-c4nccn4COCC[Si](C)(C)C)ncn3c2)c1F. The monoisotopic (exact) mass is 646 g/mol. The third kappa shape index (κ3) is 6.56. The Labute approximate surface area is 253 Å². The van der Waals surface area contributed by atoms with Gasteiger partial charge in [0.1, 0.15) is 24.6 Å². The molecule has 1 aromatic carbocycles. The lowest BCUT2D eigenvalue weighted by Gasteiger charge is -2.16. The largest absolute Gasteiger partial charge is 0.480 e. The molecular weight excluding hydrogens is 618 g/mol. The summed E-state index contributed by atoms with van der Waals surface area (Å²) in [6.07, 6.45) is 7.69. The normalized spacial score (nSPS) is 12.2. The molecule has 0 spiro atoms.